The van der Waals surface area contributed by atoms with Crippen LogP contribution in [-0.4, -0.2) is 4.98 Å². The van der Waals surface area contributed by atoms with Gasteiger partial charge in [0.1, 0.15) is 22.7 Å². The normalized spacial score (nSPS) is 12.4. The third-order valence-electron chi connectivity index (χ3n) is 7.21. The third-order valence-corrected chi connectivity index (χ3v) is 7.21. The van der Waals surface area contributed by atoms with E-state index in [4.69, 9.17) is 13.8 Å². The van der Waals surface area contributed by atoms with Crippen molar-refractivity contribution < 1.29 is 8.83 Å². The highest BCUT2D eigenvalue weighted by Crippen LogP contribution is 2.41. The van der Waals surface area contributed by atoms with Crippen molar-refractivity contribution in [1.82, 2.24) is 4.98 Å². The molecule has 3 aromatic heterocycles. The monoisotopic (exact) mass is 487 g/mol. The lowest BCUT2D eigenvalue weighted by Gasteiger charge is -2.22. The van der Waals surface area contributed by atoms with Crippen LogP contribution in [0.25, 0.3) is 55.3 Å². The number of pyridine rings is 1. The molecule has 186 valence electrons. The Morgan fingerprint density at radius 2 is 1.62 bits per heavy atom. The molecule has 3 nitrogen and oxygen atoms in total. The van der Waals surface area contributed by atoms with Crippen LogP contribution in [0.15, 0.2) is 81.8 Å². The minimum atomic E-state index is 0.00626. The quantitative estimate of drug-likeness (QED) is 0.248. The molecule has 0 aliphatic heterocycles. The fourth-order valence-electron chi connectivity index (χ4n) is 5.55. The van der Waals surface area contributed by atoms with Crippen molar-refractivity contribution >= 4 is 32.7 Å². The second-order valence-corrected chi connectivity index (χ2v) is 11.6. The molecule has 0 saturated carbocycles. The van der Waals surface area contributed by atoms with Crippen LogP contribution < -0.4 is 0 Å². The van der Waals surface area contributed by atoms with Gasteiger partial charge in [-0.05, 0) is 76.9 Å². The Labute approximate surface area is 218 Å². The summed E-state index contributed by atoms with van der Waals surface area (Å²) in [6, 6.07) is 23.8. The van der Waals surface area contributed by atoms with Crippen molar-refractivity contribution in [2.45, 2.75) is 53.4 Å². The topological polar surface area (TPSA) is 39.2 Å². The maximum atomic E-state index is 6.44. The van der Waals surface area contributed by atoms with Gasteiger partial charge in [0, 0.05) is 22.5 Å². The Kier molecular flexibility index (Phi) is 5.49. The van der Waals surface area contributed by atoms with Crippen molar-refractivity contribution in [3.8, 4) is 22.6 Å². The maximum absolute atomic E-state index is 6.44. The molecule has 6 aromatic rings. The SMILES string of the molecule is Cc1oc2cc(CC(C)C)ccc2c1-c1cc2c(-c3cc(C(C)(C)C)c4ccccc4c3)nccc2o1. The molecule has 0 spiro atoms. The zero-order chi connectivity index (χ0) is 25.9. The molecule has 3 heterocycles. The number of aryl methyl sites for hydroxylation is 1. The zero-order valence-electron chi connectivity index (χ0n) is 22.5. The zero-order valence-corrected chi connectivity index (χ0v) is 22.5. The number of benzene rings is 3. The van der Waals surface area contributed by atoms with E-state index >= 15 is 0 Å². The summed E-state index contributed by atoms with van der Waals surface area (Å²) in [6.07, 6.45) is 2.88. The lowest BCUT2D eigenvalue weighted by Crippen LogP contribution is -2.12. The maximum Gasteiger partial charge on any atom is 0.139 e. The lowest BCUT2D eigenvalue weighted by atomic mass is 9.82. The largest absolute Gasteiger partial charge is 0.461 e. The summed E-state index contributed by atoms with van der Waals surface area (Å²) in [5.74, 6) is 2.28. The molecule has 0 amide bonds. The van der Waals surface area contributed by atoms with Gasteiger partial charge in [0.05, 0.1) is 11.3 Å². The van der Waals surface area contributed by atoms with Crippen molar-refractivity contribution in [1.29, 1.82) is 0 Å². The Morgan fingerprint density at radius 1 is 0.811 bits per heavy atom. The first-order valence-corrected chi connectivity index (χ1v) is 13.1. The van der Waals surface area contributed by atoms with Gasteiger partial charge in [-0.1, -0.05) is 71.0 Å². The summed E-state index contributed by atoms with van der Waals surface area (Å²) < 4.78 is 12.7. The van der Waals surface area contributed by atoms with Gasteiger partial charge in [0.25, 0.3) is 0 Å². The van der Waals surface area contributed by atoms with Gasteiger partial charge >= 0.3 is 0 Å². The van der Waals surface area contributed by atoms with Crippen LogP contribution in [0.5, 0.6) is 0 Å². The van der Waals surface area contributed by atoms with E-state index in [1.807, 2.05) is 19.2 Å². The van der Waals surface area contributed by atoms with E-state index in [0.717, 1.165) is 56.7 Å². The van der Waals surface area contributed by atoms with Crippen molar-refractivity contribution in [3.63, 3.8) is 0 Å². The fraction of sp³-hybridized carbons (Fsp3) is 0.265. The van der Waals surface area contributed by atoms with E-state index in [-0.39, 0.29) is 5.41 Å². The number of fused-ring (bicyclic) bond motifs is 3. The van der Waals surface area contributed by atoms with E-state index in [0.29, 0.717) is 5.92 Å². The lowest BCUT2D eigenvalue weighted by molar-refractivity contribution is 0.572. The molecule has 0 radical (unpaired) electrons. The van der Waals surface area contributed by atoms with Gasteiger partial charge in [-0.2, -0.15) is 0 Å². The second kappa shape index (κ2) is 8.62. The number of furan rings is 2. The smallest absolute Gasteiger partial charge is 0.139 e. The van der Waals surface area contributed by atoms with Gasteiger partial charge in [-0.25, -0.2) is 0 Å². The third kappa shape index (κ3) is 4.13. The first-order valence-electron chi connectivity index (χ1n) is 13.1. The number of hydrogen-bond donors (Lipinski definition) is 0. The predicted octanol–water partition coefficient (Wildman–Crippen LogP) is 9.87. The molecule has 0 N–H and O–H groups in total. The highest BCUT2D eigenvalue weighted by atomic mass is 16.4. The molecule has 0 atom stereocenters. The predicted molar refractivity (Wildman–Crippen MR) is 154 cm³/mol. The van der Waals surface area contributed by atoms with Crippen LogP contribution in [-0.2, 0) is 11.8 Å². The minimum absolute atomic E-state index is 0.00626. The first-order chi connectivity index (χ1) is 17.7. The fourth-order valence-corrected chi connectivity index (χ4v) is 5.55. The first kappa shape index (κ1) is 23.5. The summed E-state index contributed by atoms with van der Waals surface area (Å²) in [5.41, 5.74) is 7.42. The van der Waals surface area contributed by atoms with Gasteiger partial charge < -0.3 is 8.83 Å². The molecule has 6 rings (SSSR count). The number of hydrogen-bond acceptors (Lipinski definition) is 3. The molecule has 3 heteroatoms. The van der Waals surface area contributed by atoms with Crippen molar-refractivity contribution in [3.05, 3.63) is 89.8 Å². The minimum Gasteiger partial charge on any atom is -0.461 e. The van der Waals surface area contributed by atoms with Crippen LogP contribution >= 0.6 is 0 Å². The molecular weight excluding hydrogens is 454 g/mol. The summed E-state index contributed by atoms with van der Waals surface area (Å²) in [4.78, 5) is 4.84. The van der Waals surface area contributed by atoms with Crippen molar-refractivity contribution in [2.75, 3.05) is 0 Å². The summed E-state index contributed by atoms with van der Waals surface area (Å²) in [6.45, 7) is 13.3. The second-order valence-electron chi connectivity index (χ2n) is 11.6. The molecule has 0 aliphatic carbocycles. The molecule has 0 aliphatic rings. The van der Waals surface area contributed by atoms with E-state index in [9.17, 15) is 0 Å². The Balaban J connectivity index is 1.52. The molecule has 3 aromatic carbocycles. The molecule has 0 unspecified atom stereocenters. The number of rotatable bonds is 4. The number of aromatic nitrogens is 1. The van der Waals surface area contributed by atoms with Crippen LogP contribution in [0.4, 0.5) is 0 Å². The Hall–Kier alpha value is -3.85. The Morgan fingerprint density at radius 3 is 2.41 bits per heavy atom. The van der Waals surface area contributed by atoms with Gasteiger partial charge in [0.2, 0.25) is 0 Å². The molecular formula is C34H33NO2. The van der Waals surface area contributed by atoms with E-state index in [1.165, 1.54) is 21.9 Å². The molecule has 0 fully saturated rings. The summed E-state index contributed by atoms with van der Waals surface area (Å²) in [7, 11) is 0. The van der Waals surface area contributed by atoms with Gasteiger partial charge in [-0.15, -0.1) is 0 Å². The average molecular weight is 488 g/mol. The highest BCUT2D eigenvalue weighted by molar-refractivity contribution is 6.01. The van der Waals surface area contributed by atoms with Gasteiger partial charge in [0.15, 0.2) is 0 Å². The average Bonchev–Trinajstić information content (AvgIpc) is 3.41. The molecule has 0 saturated heterocycles. The molecule has 37 heavy (non-hydrogen) atoms. The van der Waals surface area contributed by atoms with Crippen LogP contribution in [0.1, 0.15) is 51.5 Å². The van der Waals surface area contributed by atoms with Crippen molar-refractivity contribution in [2.24, 2.45) is 5.92 Å². The van der Waals surface area contributed by atoms with Crippen LogP contribution in [0, 0.1) is 12.8 Å². The van der Waals surface area contributed by atoms with Gasteiger partial charge in [-0.3, -0.25) is 4.98 Å². The standard InChI is InChI=1S/C34H33NO2/c1-20(2)15-22-11-12-26-30(16-22)36-21(3)32(26)31-19-27-29(37-31)13-14-35-33(27)24-17-23-9-7-8-10-25(23)28(18-24)34(4,5)6/h7-14,16-20H,15H2,1-6H3. The van der Waals surface area contributed by atoms with Crippen LogP contribution in [0.2, 0.25) is 0 Å². The number of nitrogens with zero attached hydrogens (tertiary/aromatic N) is 1. The highest BCUT2D eigenvalue weighted by Gasteiger charge is 2.22. The van der Waals surface area contributed by atoms with E-state index in [1.54, 1.807) is 0 Å². The van der Waals surface area contributed by atoms with E-state index < -0.39 is 0 Å². The Bertz CT molecular complexity index is 1780. The molecule has 0 bridgehead atoms. The summed E-state index contributed by atoms with van der Waals surface area (Å²) in [5, 5.41) is 4.61. The summed E-state index contributed by atoms with van der Waals surface area (Å²) >= 11 is 0. The van der Waals surface area contributed by atoms with Crippen LogP contribution in [0.3, 0.4) is 0 Å². The van der Waals surface area contributed by atoms with E-state index in [2.05, 4.69) is 95.3 Å².